The number of para-hydroxylation sites is 2. The van der Waals surface area contributed by atoms with Crippen LogP contribution >= 0.6 is 0 Å². The average molecular weight is 757 g/mol. The molecule has 1 aliphatic rings. The third-order valence-corrected chi connectivity index (χ3v) is 12.8. The van der Waals surface area contributed by atoms with Crippen LogP contribution in [0, 0.1) is 0 Å². The van der Waals surface area contributed by atoms with Crippen LogP contribution in [0.1, 0.15) is 44.4 Å². The van der Waals surface area contributed by atoms with Gasteiger partial charge in [-0.05, 0) is 130 Å². The summed E-state index contributed by atoms with van der Waals surface area (Å²) in [5.74, 6) is 0. The van der Waals surface area contributed by atoms with Crippen LogP contribution in [0.25, 0.3) is 93.9 Å². The molecule has 0 amide bonds. The Bertz CT molecular complexity index is 3370. The molecule has 0 N–H and O–H groups in total. The topological polar surface area (TPSA) is 9.86 Å². The molecule has 11 rings (SSSR count). The van der Waals surface area contributed by atoms with E-state index in [1.807, 2.05) is 0 Å². The van der Waals surface area contributed by atoms with Crippen LogP contribution in [-0.4, -0.2) is 9.13 Å². The Balaban J connectivity index is 1.09. The molecule has 2 nitrogen and oxygen atoms in total. The van der Waals surface area contributed by atoms with E-state index < -0.39 is 0 Å². The Hall–Kier alpha value is -7.16. The molecule has 0 fully saturated rings. The van der Waals surface area contributed by atoms with Gasteiger partial charge in [-0.1, -0.05) is 147 Å². The van der Waals surface area contributed by atoms with Crippen molar-refractivity contribution in [2.75, 3.05) is 0 Å². The highest BCUT2D eigenvalue weighted by atomic mass is 15.0. The zero-order chi connectivity index (χ0) is 39.8. The molecule has 0 bridgehead atoms. The van der Waals surface area contributed by atoms with E-state index in [4.69, 9.17) is 0 Å². The lowest BCUT2D eigenvalue weighted by Gasteiger charge is -2.22. The predicted octanol–water partition coefficient (Wildman–Crippen LogP) is 15.5. The van der Waals surface area contributed by atoms with Gasteiger partial charge in [0.25, 0.3) is 0 Å². The zero-order valence-corrected chi connectivity index (χ0v) is 33.9. The molecule has 8 aromatic carbocycles. The Morgan fingerprint density at radius 2 is 1.05 bits per heavy atom. The fourth-order valence-electron chi connectivity index (χ4n) is 9.93. The minimum absolute atomic E-state index is 0.0685. The lowest BCUT2D eigenvalue weighted by atomic mass is 9.82. The van der Waals surface area contributed by atoms with Gasteiger partial charge in [-0.3, -0.25) is 0 Å². The largest absolute Gasteiger partial charge is 0.309 e. The maximum absolute atomic E-state index is 2.46. The van der Waals surface area contributed by atoms with Crippen LogP contribution in [0.4, 0.5) is 0 Å². The summed E-state index contributed by atoms with van der Waals surface area (Å²) in [6.45, 7) is 8.93. The Kier molecular flexibility index (Phi) is 8.00. The van der Waals surface area contributed by atoms with Crippen molar-refractivity contribution in [3.63, 3.8) is 0 Å². The van der Waals surface area contributed by atoms with Gasteiger partial charge in [0.1, 0.15) is 0 Å². The molecule has 0 unspecified atom stereocenters. The third-order valence-electron chi connectivity index (χ3n) is 12.8. The standard InChI is InChI=1S/C57H44N2/c1-5-16-37(6-2)41-31-42(38-17-8-7-9-18-38)33-44(32-41)59-53-23-14-11-20-47(53)49-28-25-40(35-56(49)59)39-26-30-55-50(34-39)48-21-12-15-24-54(48)58(55)43-27-29-46-45-19-10-13-22-51(45)57(3,4)52(46)36-43/h5-36H,1-4H3/b16-5-,37-6+. The minimum Gasteiger partial charge on any atom is -0.309 e. The van der Waals surface area contributed by atoms with Crippen molar-refractivity contribution in [1.29, 1.82) is 0 Å². The van der Waals surface area contributed by atoms with Crippen molar-refractivity contribution >= 4 is 49.2 Å². The van der Waals surface area contributed by atoms with Gasteiger partial charge in [0, 0.05) is 38.3 Å². The van der Waals surface area contributed by atoms with E-state index in [1.54, 1.807) is 0 Å². The second-order valence-corrected chi connectivity index (χ2v) is 16.4. The van der Waals surface area contributed by atoms with Crippen LogP contribution in [0.3, 0.4) is 0 Å². The summed E-state index contributed by atoms with van der Waals surface area (Å²) in [4.78, 5) is 0. The summed E-state index contributed by atoms with van der Waals surface area (Å²) in [7, 11) is 0. The summed E-state index contributed by atoms with van der Waals surface area (Å²) >= 11 is 0. The van der Waals surface area contributed by atoms with E-state index in [1.165, 1.54) is 105 Å². The van der Waals surface area contributed by atoms with Gasteiger partial charge >= 0.3 is 0 Å². The van der Waals surface area contributed by atoms with Crippen molar-refractivity contribution in [3.8, 4) is 44.8 Å². The van der Waals surface area contributed by atoms with Crippen molar-refractivity contribution in [1.82, 2.24) is 9.13 Å². The zero-order valence-electron chi connectivity index (χ0n) is 33.9. The molecule has 0 saturated heterocycles. The van der Waals surface area contributed by atoms with Crippen LogP contribution in [-0.2, 0) is 5.41 Å². The lowest BCUT2D eigenvalue weighted by Crippen LogP contribution is -2.15. The van der Waals surface area contributed by atoms with Crippen molar-refractivity contribution in [3.05, 3.63) is 211 Å². The van der Waals surface area contributed by atoms with Gasteiger partial charge in [0.2, 0.25) is 0 Å². The highest BCUT2D eigenvalue weighted by Crippen LogP contribution is 2.49. The van der Waals surface area contributed by atoms with Gasteiger partial charge in [-0.25, -0.2) is 0 Å². The molecule has 2 heterocycles. The number of nitrogens with zero attached hydrogens (tertiary/aromatic N) is 2. The Morgan fingerprint density at radius 1 is 0.424 bits per heavy atom. The van der Waals surface area contributed by atoms with Crippen molar-refractivity contribution in [2.24, 2.45) is 0 Å². The van der Waals surface area contributed by atoms with Gasteiger partial charge in [0.15, 0.2) is 0 Å². The summed E-state index contributed by atoms with van der Waals surface area (Å²) in [6.07, 6.45) is 6.53. The van der Waals surface area contributed by atoms with Crippen LogP contribution in [0.5, 0.6) is 0 Å². The summed E-state index contributed by atoms with van der Waals surface area (Å²) in [5, 5.41) is 5.01. The molecule has 59 heavy (non-hydrogen) atoms. The quantitative estimate of drug-likeness (QED) is 0.150. The Labute approximate surface area is 345 Å². The second kappa shape index (κ2) is 13.5. The molecule has 0 saturated carbocycles. The number of benzene rings is 8. The van der Waals surface area contributed by atoms with E-state index in [0.717, 1.165) is 5.69 Å². The average Bonchev–Trinajstić information content (AvgIpc) is 3.88. The molecular weight excluding hydrogens is 713 g/mol. The van der Waals surface area contributed by atoms with Gasteiger partial charge in [-0.15, -0.1) is 0 Å². The molecule has 0 atom stereocenters. The highest BCUT2D eigenvalue weighted by molar-refractivity contribution is 6.12. The summed E-state index contributed by atoms with van der Waals surface area (Å²) in [5.41, 5.74) is 19.8. The molecule has 2 heteroatoms. The van der Waals surface area contributed by atoms with E-state index in [-0.39, 0.29) is 5.41 Å². The number of hydrogen-bond donors (Lipinski definition) is 0. The normalized spacial score (nSPS) is 13.6. The Morgan fingerprint density at radius 3 is 1.83 bits per heavy atom. The maximum Gasteiger partial charge on any atom is 0.0547 e. The van der Waals surface area contributed by atoms with E-state index >= 15 is 0 Å². The van der Waals surface area contributed by atoms with Gasteiger partial charge < -0.3 is 9.13 Å². The first-order valence-corrected chi connectivity index (χ1v) is 20.7. The predicted molar refractivity (Wildman–Crippen MR) is 252 cm³/mol. The maximum atomic E-state index is 2.46. The number of fused-ring (bicyclic) bond motifs is 9. The van der Waals surface area contributed by atoms with Crippen molar-refractivity contribution in [2.45, 2.75) is 33.1 Å². The van der Waals surface area contributed by atoms with E-state index in [9.17, 15) is 0 Å². The molecule has 10 aromatic rings. The second-order valence-electron chi connectivity index (χ2n) is 16.4. The number of allylic oxidation sites excluding steroid dienone is 4. The molecule has 2 aromatic heterocycles. The molecule has 0 spiro atoms. The number of hydrogen-bond acceptors (Lipinski definition) is 0. The highest BCUT2D eigenvalue weighted by Gasteiger charge is 2.35. The van der Waals surface area contributed by atoms with E-state index in [2.05, 4.69) is 231 Å². The summed E-state index contributed by atoms with van der Waals surface area (Å²) < 4.78 is 4.92. The fourth-order valence-corrected chi connectivity index (χ4v) is 9.93. The summed E-state index contributed by atoms with van der Waals surface area (Å²) in [6, 6.07) is 65.4. The van der Waals surface area contributed by atoms with E-state index in [0.29, 0.717) is 0 Å². The van der Waals surface area contributed by atoms with Gasteiger partial charge in [-0.2, -0.15) is 0 Å². The number of rotatable bonds is 6. The first-order valence-electron chi connectivity index (χ1n) is 20.7. The number of aromatic nitrogens is 2. The van der Waals surface area contributed by atoms with Crippen LogP contribution in [0.15, 0.2) is 194 Å². The van der Waals surface area contributed by atoms with Gasteiger partial charge in [0.05, 0.1) is 22.1 Å². The molecule has 0 radical (unpaired) electrons. The molecule has 282 valence electrons. The monoisotopic (exact) mass is 756 g/mol. The smallest absolute Gasteiger partial charge is 0.0547 e. The van der Waals surface area contributed by atoms with Crippen molar-refractivity contribution < 1.29 is 0 Å². The molecular formula is C57H44N2. The first-order chi connectivity index (χ1) is 28.9. The third kappa shape index (κ3) is 5.40. The lowest BCUT2D eigenvalue weighted by molar-refractivity contribution is 0.660. The van der Waals surface area contributed by atoms with Crippen LogP contribution in [0.2, 0.25) is 0 Å². The fraction of sp³-hybridized carbons (Fsp3) is 0.0877. The minimum atomic E-state index is -0.0685. The molecule has 1 aliphatic carbocycles. The molecule has 0 aliphatic heterocycles. The SMILES string of the molecule is C/C=C\C(=C/C)c1cc(-c2ccccc2)cc(-n2c3ccccc3c3ccc(-c4ccc5c(c4)c4ccccc4n5-c4ccc5c(c4)C(C)(C)c4ccccc4-5)cc32)c1. The first kappa shape index (κ1) is 35.0. The van der Waals surface area contributed by atoms with Crippen LogP contribution < -0.4 is 0 Å².